The second kappa shape index (κ2) is 5.92. The molecule has 3 nitrogen and oxygen atoms in total. The summed E-state index contributed by atoms with van der Waals surface area (Å²) in [5.41, 5.74) is -2.50. The molecule has 0 aromatic heterocycles. The maximum absolute atomic E-state index is 13.3. The molecule has 2 rings (SSSR count). The van der Waals surface area contributed by atoms with Crippen LogP contribution in [-0.4, -0.2) is 30.8 Å². The molecule has 116 valence electrons. The van der Waals surface area contributed by atoms with Crippen LogP contribution >= 0.6 is 15.9 Å². The van der Waals surface area contributed by atoms with Crippen LogP contribution in [0.1, 0.15) is 23.2 Å². The van der Waals surface area contributed by atoms with Gasteiger partial charge in [-0.15, -0.1) is 0 Å². The van der Waals surface area contributed by atoms with Crippen molar-refractivity contribution in [2.75, 3.05) is 13.2 Å². The van der Waals surface area contributed by atoms with Gasteiger partial charge in [-0.05, 0) is 18.2 Å². The summed E-state index contributed by atoms with van der Waals surface area (Å²) in [4.78, 5) is 12.0. The van der Waals surface area contributed by atoms with Crippen LogP contribution in [0.15, 0.2) is 22.7 Å². The van der Waals surface area contributed by atoms with Crippen LogP contribution < -0.4 is 5.32 Å². The minimum Gasteiger partial charge on any atom is -0.381 e. The molecule has 0 bridgehead atoms. The summed E-state index contributed by atoms with van der Waals surface area (Å²) in [5.74, 6) is -1.67. The first kappa shape index (κ1) is 16.2. The molecule has 0 radical (unpaired) electrons. The fourth-order valence-corrected chi connectivity index (χ4v) is 2.64. The maximum atomic E-state index is 13.3. The van der Waals surface area contributed by atoms with Gasteiger partial charge in [0.25, 0.3) is 5.91 Å². The van der Waals surface area contributed by atoms with Crippen molar-refractivity contribution in [3.63, 3.8) is 0 Å². The third kappa shape index (κ3) is 3.55. The lowest BCUT2D eigenvalue weighted by molar-refractivity contribution is -0.212. The molecule has 1 aliphatic heterocycles. The second-order valence-corrected chi connectivity index (χ2v) is 5.72. The Morgan fingerprint density at radius 3 is 2.38 bits per heavy atom. The minimum absolute atomic E-state index is 0.0906. The highest BCUT2D eigenvalue weighted by Gasteiger charge is 2.56. The van der Waals surface area contributed by atoms with E-state index < -0.39 is 23.4 Å². The third-order valence-corrected chi connectivity index (χ3v) is 3.82. The van der Waals surface area contributed by atoms with Crippen LogP contribution in [-0.2, 0) is 4.74 Å². The lowest BCUT2D eigenvalue weighted by Crippen LogP contribution is -2.61. The monoisotopic (exact) mass is 369 g/mol. The van der Waals surface area contributed by atoms with Crippen molar-refractivity contribution in [2.45, 2.75) is 24.6 Å². The van der Waals surface area contributed by atoms with Gasteiger partial charge < -0.3 is 10.1 Å². The average Bonchev–Trinajstić information content (AvgIpc) is 2.37. The molecule has 8 heteroatoms. The van der Waals surface area contributed by atoms with Gasteiger partial charge in [-0.1, -0.05) is 15.9 Å². The molecular formula is C13H12BrF4NO2. The molecule has 1 aliphatic rings. The Morgan fingerprint density at radius 2 is 1.86 bits per heavy atom. The number of rotatable bonds is 2. The quantitative estimate of drug-likeness (QED) is 0.811. The summed E-state index contributed by atoms with van der Waals surface area (Å²) in [6.07, 6.45) is -5.32. The Kier molecular flexibility index (Phi) is 4.57. The molecule has 0 saturated carbocycles. The van der Waals surface area contributed by atoms with Crippen molar-refractivity contribution in [3.8, 4) is 0 Å². The number of carbonyl (C=O) groups excluding carboxylic acids is 1. The normalized spacial score (nSPS) is 18.3. The van der Waals surface area contributed by atoms with E-state index in [-0.39, 0.29) is 36.1 Å². The number of amides is 1. The highest BCUT2D eigenvalue weighted by molar-refractivity contribution is 9.10. The number of hydrogen-bond acceptors (Lipinski definition) is 2. The largest absolute Gasteiger partial charge is 0.411 e. The second-order valence-electron chi connectivity index (χ2n) is 4.80. The topological polar surface area (TPSA) is 38.3 Å². The van der Waals surface area contributed by atoms with Gasteiger partial charge in [-0.2, -0.15) is 13.2 Å². The Morgan fingerprint density at radius 1 is 1.24 bits per heavy atom. The molecule has 1 heterocycles. The fraction of sp³-hybridized carbons (Fsp3) is 0.462. The molecule has 1 amide bonds. The maximum Gasteiger partial charge on any atom is 0.411 e. The number of benzene rings is 1. The predicted octanol–water partition coefficient (Wildman–Crippen LogP) is 3.43. The molecule has 1 aromatic rings. The molecule has 1 aromatic carbocycles. The number of nitrogens with one attached hydrogen (secondary N) is 1. The van der Waals surface area contributed by atoms with Gasteiger partial charge in [0.15, 0.2) is 0 Å². The van der Waals surface area contributed by atoms with Crippen molar-refractivity contribution >= 4 is 21.8 Å². The Hall–Kier alpha value is -1.15. The molecule has 0 aliphatic carbocycles. The van der Waals surface area contributed by atoms with Gasteiger partial charge in [0.05, 0.1) is 0 Å². The summed E-state index contributed by atoms with van der Waals surface area (Å²) in [6.45, 7) is -0.181. The van der Waals surface area contributed by atoms with Crippen LogP contribution in [0.25, 0.3) is 0 Å². The van der Waals surface area contributed by atoms with Crippen LogP contribution in [0.5, 0.6) is 0 Å². The highest BCUT2D eigenvalue weighted by Crippen LogP contribution is 2.38. The zero-order chi connectivity index (χ0) is 15.7. The molecule has 0 atom stereocenters. The van der Waals surface area contributed by atoms with Crippen molar-refractivity contribution in [1.82, 2.24) is 5.32 Å². The Labute approximate surface area is 126 Å². The number of halogens is 5. The number of hydrogen-bond donors (Lipinski definition) is 1. The van der Waals surface area contributed by atoms with Crippen LogP contribution in [0, 0.1) is 5.82 Å². The standard InChI is InChI=1S/C13H12BrF4NO2/c14-9-5-8(6-10(15)7-9)11(20)19-12(13(16,17)18)1-3-21-4-2-12/h5-7H,1-4H2,(H,19,20). The smallest absolute Gasteiger partial charge is 0.381 e. The summed E-state index contributed by atoms with van der Waals surface area (Å²) in [5, 5.41) is 2.01. The highest BCUT2D eigenvalue weighted by atomic mass is 79.9. The Balaban J connectivity index is 2.26. The van der Waals surface area contributed by atoms with Crippen molar-refractivity contribution in [1.29, 1.82) is 0 Å². The van der Waals surface area contributed by atoms with E-state index in [4.69, 9.17) is 4.74 Å². The summed E-state index contributed by atoms with van der Waals surface area (Å²) >= 11 is 3.00. The van der Waals surface area contributed by atoms with Gasteiger partial charge in [0.2, 0.25) is 0 Å². The molecule has 1 N–H and O–H groups in total. The van der Waals surface area contributed by atoms with Gasteiger partial charge in [0, 0.05) is 36.1 Å². The predicted molar refractivity (Wildman–Crippen MR) is 70.4 cm³/mol. The zero-order valence-electron chi connectivity index (χ0n) is 10.8. The van der Waals surface area contributed by atoms with Gasteiger partial charge in [-0.25, -0.2) is 4.39 Å². The number of carbonyl (C=O) groups is 1. The average molecular weight is 370 g/mol. The van der Waals surface area contributed by atoms with Crippen LogP contribution in [0.4, 0.5) is 17.6 Å². The van der Waals surface area contributed by atoms with Gasteiger partial charge in [-0.3, -0.25) is 4.79 Å². The summed E-state index contributed by atoms with van der Waals surface area (Å²) in [7, 11) is 0. The molecule has 0 spiro atoms. The molecular weight excluding hydrogens is 358 g/mol. The fourth-order valence-electron chi connectivity index (χ4n) is 2.17. The molecule has 1 fully saturated rings. The van der Waals surface area contributed by atoms with E-state index in [0.717, 1.165) is 12.1 Å². The van der Waals surface area contributed by atoms with E-state index in [1.807, 2.05) is 5.32 Å². The molecule has 0 unspecified atom stereocenters. The van der Waals surface area contributed by atoms with Crippen molar-refractivity contribution in [3.05, 3.63) is 34.1 Å². The lowest BCUT2D eigenvalue weighted by Gasteiger charge is -2.39. The first-order valence-electron chi connectivity index (χ1n) is 6.17. The van der Waals surface area contributed by atoms with Crippen molar-refractivity contribution in [2.24, 2.45) is 0 Å². The first-order valence-corrected chi connectivity index (χ1v) is 6.96. The third-order valence-electron chi connectivity index (χ3n) is 3.37. The van der Waals surface area contributed by atoms with E-state index in [0.29, 0.717) is 0 Å². The minimum atomic E-state index is -4.60. The lowest BCUT2D eigenvalue weighted by atomic mass is 9.89. The SMILES string of the molecule is O=C(NC1(C(F)(F)F)CCOCC1)c1cc(F)cc(Br)c1. The first-order chi connectivity index (χ1) is 9.73. The summed E-state index contributed by atoms with van der Waals surface area (Å²) < 4.78 is 58.3. The number of alkyl halides is 3. The number of ether oxygens (including phenoxy) is 1. The van der Waals surface area contributed by atoms with E-state index in [1.165, 1.54) is 6.07 Å². The van der Waals surface area contributed by atoms with Gasteiger partial charge in [0.1, 0.15) is 11.4 Å². The van der Waals surface area contributed by atoms with Gasteiger partial charge >= 0.3 is 6.18 Å². The molecule has 21 heavy (non-hydrogen) atoms. The molecule has 1 saturated heterocycles. The Bertz CT molecular complexity index is 521. The summed E-state index contributed by atoms with van der Waals surface area (Å²) in [6, 6.07) is 3.27. The van der Waals surface area contributed by atoms with E-state index in [1.54, 1.807) is 0 Å². The van der Waals surface area contributed by atoms with E-state index >= 15 is 0 Å². The van der Waals surface area contributed by atoms with Crippen LogP contribution in [0.3, 0.4) is 0 Å². The van der Waals surface area contributed by atoms with Crippen LogP contribution in [0.2, 0.25) is 0 Å². The van der Waals surface area contributed by atoms with Crippen molar-refractivity contribution < 1.29 is 27.1 Å². The van der Waals surface area contributed by atoms with E-state index in [2.05, 4.69) is 15.9 Å². The van der Waals surface area contributed by atoms with E-state index in [9.17, 15) is 22.4 Å². The zero-order valence-corrected chi connectivity index (χ0v) is 12.4.